The molecule has 0 aliphatic heterocycles. The van der Waals surface area contributed by atoms with Gasteiger partial charge in [0.15, 0.2) is 0 Å². The van der Waals surface area contributed by atoms with E-state index in [4.69, 9.17) is 0 Å². The van der Waals surface area contributed by atoms with Crippen LogP contribution in [0.4, 0.5) is 0 Å². The van der Waals surface area contributed by atoms with E-state index in [0.29, 0.717) is 6.04 Å². The van der Waals surface area contributed by atoms with Crippen molar-refractivity contribution in [3.8, 4) is 0 Å². The summed E-state index contributed by atoms with van der Waals surface area (Å²) in [6.07, 6.45) is 8.16. The Bertz CT molecular complexity index is 297. The van der Waals surface area contributed by atoms with Crippen LogP contribution in [0.2, 0.25) is 0 Å². The topological polar surface area (TPSA) is 29.9 Å². The van der Waals surface area contributed by atoms with Crippen molar-refractivity contribution in [3.63, 3.8) is 0 Å². The summed E-state index contributed by atoms with van der Waals surface area (Å²) in [6, 6.07) is 2.55. The van der Waals surface area contributed by atoms with Crippen molar-refractivity contribution in [1.29, 1.82) is 0 Å². The first-order valence-corrected chi connectivity index (χ1v) is 7.87. The van der Waals surface area contributed by atoms with Crippen LogP contribution < -0.4 is 5.32 Å². The molecule has 0 amide bonds. The average Bonchev–Trinajstić information content (AvgIpc) is 2.77. The van der Waals surface area contributed by atoms with Gasteiger partial charge in [0.25, 0.3) is 0 Å². The minimum Gasteiger partial charge on any atom is -0.311 e. The fourth-order valence-corrected chi connectivity index (χ4v) is 2.14. The van der Waals surface area contributed by atoms with E-state index in [1.807, 2.05) is 16.4 Å². The molecule has 0 atom stereocenters. The van der Waals surface area contributed by atoms with E-state index in [1.54, 1.807) is 0 Å². The molecule has 0 unspecified atom stereocenters. The van der Waals surface area contributed by atoms with E-state index in [0.717, 1.165) is 18.8 Å². The quantitative estimate of drug-likeness (QED) is 0.688. The van der Waals surface area contributed by atoms with Gasteiger partial charge < -0.3 is 5.32 Å². The Balaban J connectivity index is 2.05. The maximum Gasteiger partial charge on any atom is 0.0762 e. The van der Waals surface area contributed by atoms with Crippen molar-refractivity contribution in [3.05, 3.63) is 18.0 Å². The van der Waals surface area contributed by atoms with Crippen LogP contribution in [0.3, 0.4) is 0 Å². The molecule has 0 aromatic carbocycles. The van der Waals surface area contributed by atoms with Crippen LogP contribution in [0.1, 0.15) is 44.8 Å². The van der Waals surface area contributed by atoms with E-state index >= 15 is 0 Å². The Labute approximate surface area is 109 Å². The molecule has 1 aromatic heterocycles. The van der Waals surface area contributed by atoms with Gasteiger partial charge in [-0.3, -0.25) is 4.68 Å². The molecule has 4 heteroatoms. The van der Waals surface area contributed by atoms with Gasteiger partial charge in [0.1, 0.15) is 0 Å². The molecular weight excluding hydrogens is 230 g/mol. The monoisotopic (exact) mass is 255 g/mol. The summed E-state index contributed by atoms with van der Waals surface area (Å²) in [7, 11) is 0. The van der Waals surface area contributed by atoms with Gasteiger partial charge in [-0.25, -0.2) is 0 Å². The highest BCUT2D eigenvalue weighted by Crippen LogP contribution is 2.04. The van der Waals surface area contributed by atoms with Crippen molar-refractivity contribution >= 4 is 11.8 Å². The Morgan fingerprint density at radius 2 is 2.18 bits per heavy atom. The summed E-state index contributed by atoms with van der Waals surface area (Å²) >= 11 is 1.93. The van der Waals surface area contributed by atoms with Crippen molar-refractivity contribution in [2.45, 2.75) is 45.7 Å². The van der Waals surface area contributed by atoms with E-state index in [-0.39, 0.29) is 0 Å². The maximum atomic E-state index is 4.51. The molecular formula is C13H25N3S. The fraction of sp³-hybridized carbons (Fsp3) is 0.769. The minimum atomic E-state index is 0.454. The Morgan fingerprint density at radius 1 is 1.35 bits per heavy atom. The lowest BCUT2D eigenvalue weighted by atomic mass is 10.2. The molecule has 0 aliphatic rings. The van der Waals surface area contributed by atoms with Gasteiger partial charge in [0.05, 0.1) is 5.69 Å². The van der Waals surface area contributed by atoms with E-state index < -0.39 is 0 Å². The molecule has 1 heterocycles. The molecule has 0 saturated carbocycles. The molecule has 0 bridgehead atoms. The summed E-state index contributed by atoms with van der Waals surface area (Å²) in [5.41, 5.74) is 1.14. The molecule has 17 heavy (non-hydrogen) atoms. The highest BCUT2D eigenvalue weighted by Gasteiger charge is 2.00. The number of hydrogen-bond donors (Lipinski definition) is 1. The molecule has 1 rings (SSSR count). The van der Waals surface area contributed by atoms with Crippen LogP contribution >= 0.6 is 11.8 Å². The second kappa shape index (κ2) is 8.59. The lowest BCUT2D eigenvalue weighted by Crippen LogP contribution is -2.15. The van der Waals surface area contributed by atoms with Crippen LogP contribution in [0.25, 0.3) is 0 Å². The lowest BCUT2D eigenvalue weighted by molar-refractivity contribution is 0.520. The van der Waals surface area contributed by atoms with Crippen molar-refractivity contribution < 1.29 is 0 Å². The smallest absolute Gasteiger partial charge is 0.0762 e. The van der Waals surface area contributed by atoms with E-state index in [1.165, 1.54) is 25.0 Å². The van der Waals surface area contributed by atoms with Crippen LogP contribution in [0.5, 0.6) is 0 Å². The normalized spacial score (nSPS) is 11.3. The van der Waals surface area contributed by atoms with Crippen LogP contribution in [-0.4, -0.2) is 28.3 Å². The van der Waals surface area contributed by atoms with Gasteiger partial charge in [-0.2, -0.15) is 16.9 Å². The number of unbranched alkanes of at least 4 members (excludes halogenated alkanes) is 2. The van der Waals surface area contributed by atoms with Gasteiger partial charge >= 0.3 is 0 Å². The van der Waals surface area contributed by atoms with Gasteiger partial charge in [0, 0.05) is 18.8 Å². The van der Waals surface area contributed by atoms with Crippen LogP contribution in [-0.2, 0) is 6.54 Å². The third-order valence-electron chi connectivity index (χ3n) is 2.70. The highest BCUT2D eigenvalue weighted by atomic mass is 32.2. The standard InChI is InChI=1S/C13H25N3S/c1-12(2)16-9-7-13(15-16)11-14-8-5-4-6-10-17-3/h7,9,12,14H,4-6,8,10-11H2,1-3H3. The predicted molar refractivity (Wildman–Crippen MR) is 76.6 cm³/mol. The number of thioether (sulfide) groups is 1. The zero-order chi connectivity index (χ0) is 12.5. The first-order chi connectivity index (χ1) is 8.24. The van der Waals surface area contributed by atoms with E-state index in [9.17, 15) is 0 Å². The molecule has 0 spiro atoms. The van der Waals surface area contributed by atoms with Crippen molar-refractivity contribution in [1.82, 2.24) is 15.1 Å². The molecule has 0 fully saturated rings. The molecule has 1 aromatic rings. The molecule has 0 saturated heterocycles. The molecule has 3 nitrogen and oxygen atoms in total. The summed E-state index contributed by atoms with van der Waals surface area (Å²) < 4.78 is 2.01. The number of aromatic nitrogens is 2. The van der Waals surface area contributed by atoms with Crippen LogP contribution in [0.15, 0.2) is 12.3 Å². The van der Waals surface area contributed by atoms with Crippen molar-refractivity contribution in [2.24, 2.45) is 0 Å². The Kier molecular flexibility index (Phi) is 7.37. The minimum absolute atomic E-state index is 0.454. The van der Waals surface area contributed by atoms with Crippen molar-refractivity contribution in [2.75, 3.05) is 18.6 Å². The third kappa shape index (κ3) is 6.13. The molecule has 0 aliphatic carbocycles. The zero-order valence-electron chi connectivity index (χ0n) is 11.3. The molecule has 98 valence electrons. The zero-order valence-corrected chi connectivity index (χ0v) is 12.1. The first kappa shape index (κ1) is 14.6. The number of hydrogen-bond acceptors (Lipinski definition) is 3. The number of nitrogens with one attached hydrogen (secondary N) is 1. The van der Waals surface area contributed by atoms with Gasteiger partial charge in [-0.05, 0) is 51.3 Å². The maximum absolute atomic E-state index is 4.51. The first-order valence-electron chi connectivity index (χ1n) is 6.47. The average molecular weight is 255 g/mol. The third-order valence-corrected chi connectivity index (χ3v) is 3.40. The van der Waals surface area contributed by atoms with E-state index in [2.05, 4.69) is 42.8 Å². The van der Waals surface area contributed by atoms with Gasteiger partial charge in [0.2, 0.25) is 0 Å². The Morgan fingerprint density at radius 3 is 2.82 bits per heavy atom. The second-order valence-corrected chi connectivity index (χ2v) is 5.60. The number of rotatable bonds is 9. The fourth-order valence-electron chi connectivity index (χ4n) is 1.65. The van der Waals surface area contributed by atoms with Gasteiger partial charge in [-0.1, -0.05) is 6.42 Å². The summed E-state index contributed by atoms with van der Waals surface area (Å²) in [5, 5.41) is 7.96. The largest absolute Gasteiger partial charge is 0.311 e. The Hall–Kier alpha value is -0.480. The summed E-state index contributed by atoms with van der Waals surface area (Å²) in [5.74, 6) is 1.29. The highest BCUT2D eigenvalue weighted by molar-refractivity contribution is 7.98. The summed E-state index contributed by atoms with van der Waals surface area (Å²) in [4.78, 5) is 0. The predicted octanol–water partition coefficient (Wildman–Crippen LogP) is 3.09. The summed E-state index contributed by atoms with van der Waals surface area (Å²) in [6.45, 7) is 6.29. The number of nitrogens with zero attached hydrogens (tertiary/aromatic N) is 2. The lowest BCUT2D eigenvalue weighted by Gasteiger charge is -2.04. The SMILES string of the molecule is CSCCCCCNCc1ccn(C(C)C)n1. The molecule has 0 radical (unpaired) electrons. The molecule has 1 N–H and O–H groups in total. The second-order valence-electron chi connectivity index (χ2n) is 4.61. The van der Waals surface area contributed by atoms with Crippen LogP contribution in [0, 0.1) is 0 Å². The van der Waals surface area contributed by atoms with Gasteiger partial charge in [-0.15, -0.1) is 0 Å².